The Bertz CT molecular complexity index is 476. The van der Waals surface area contributed by atoms with Crippen LogP contribution in [0.3, 0.4) is 0 Å². The number of nitrogens with zero attached hydrogens (tertiary/aromatic N) is 1. The number of esters is 1. The number of amides is 2. The average Bonchev–Trinajstić information content (AvgIpc) is 2.46. The van der Waals surface area contributed by atoms with Gasteiger partial charge in [-0.2, -0.15) is 0 Å². The zero-order valence-electron chi connectivity index (χ0n) is 12.6. The molecule has 2 amide bonds. The zero-order valence-corrected chi connectivity index (χ0v) is 13.3. The molecule has 1 rings (SSSR count). The van der Waals surface area contributed by atoms with Gasteiger partial charge < -0.3 is 15.0 Å². The van der Waals surface area contributed by atoms with Gasteiger partial charge in [-0.05, 0) is 24.6 Å². The highest BCUT2D eigenvalue weighted by atomic mass is 35.5. The number of urea groups is 1. The van der Waals surface area contributed by atoms with Gasteiger partial charge >= 0.3 is 12.0 Å². The fourth-order valence-corrected chi connectivity index (χ4v) is 1.89. The SMILES string of the molecule is CCOC(=O)C(C)CN(C)C(=O)NCc1ccc(Cl)cc1. The van der Waals surface area contributed by atoms with Crippen molar-refractivity contribution in [1.82, 2.24) is 10.2 Å². The van der Waals surface area contributed by atoms with Crippen LogP contribution in [0.25, 0.3) is 0 Å². The van der Waals surface area contributed by atoms with Crippen molar-refractivity contribution >= 4 is 23.6 Å². The van der Waals surface area contributed by atoms with E-state index in [1.165, 1.54) is 4.90 Å². The van der Waals surface area contributed by atoms with Crippen LogP contribution >= 0.6 is 11.6 Å². The van der Waals surface area contributed by atoms with Gasteiger partial charge in [-0.3, -0.25) is 4.79 Å². The predicted octanol–water partition coefficient (Wildman–Crippen LogP) is 2.68. The Morgan fingerprint density at radius 1 is 1.33 bits per heavy atom. The molecule has 0 bridgehead atoms. The lowest BCUT2D eigenvalue weighted by atomic mass is 10.2. The third-order valence-electron chi connectivity index (χ3n) is 2.94. The zero-order chi connectivity index (χ0) is 15.8. The number of hydrogen-bond acceptors (Lipinski definition) is 3. The normalized spacial score (nSPS) is 11.6. The van der Waals surface area contributed by atoms with Crippen molar-refractivity contribution in [2.24, 2.45) is 5.92 Å². The molecular weight excluding hydrogens is 292 g/mol. The molecule has 0 aromatic heterocycles. The highest BCUT2D eigenvalue weighted by Crippen LogP contribution is 2.09. The molecule has 6 heteroatoms. The maximum atomic E-state index is 11.9. The van der Waals surface area contributed by atoms with Crippen LogP contribution in [0, 0.1) is 5.92 Å². The quantitative estimate of drug-likeness (QED) is 0.822. The summed E-state index contributed by atoms with van der Waals surface area (Å²) in [6, 6.07) is 7.01. The van der Waals surface area contributed by atoms with Gasteiger partial charge in [-0.25, -0.2) is 4.79 Å². The summed E-state index contributed by atoms with van der Waals surface area (Å²) in [5.41, 5.74) is 0.958. The number of rotatable bonds is 6. The van der Waals surface area contributed by atoms with Gasteiger partial charge in [0.25, 0.3) is 0 Å². The molecule has 1 aromatic carbocycles. The van der Waals surface area contributed by atoms with E-state index in [0.29, 0.717) is 24.7 Å². The van der Waals surface area contributed by atoms with Gasteiger partial charge in [-0.15, -0.1) is 0 Å². The Kier molecular flexibility index (Phi) is 7.02. The fraction of sp³-hybridized carbons (Fsp3) is 0.467. The molecular formula is C15H21ClN2O3. The predicted molar refractivity (Wildman–Crippen MR) is 82.1 cm³/mol. The van der Waals surface area contributed by atoms with Crippen molar-refractivity contribution < 1.29 is 14.3 Å². The summed E-state index contributed by atoms with van der Waals surface area (Å²) < 4.78 is 4.91. The molecule has 0 aliphatic carbocycles. The van der Waals surface area contributed by atoms with Gasteiger partial charge in [0.1, 0.15) is 0 Å². The molecule has 1 atom stereocenters. The average molecular weight is 313 g/mol. The molecule has 5 nitrogen and oxygen atoms in total. The van der Waals surface area contributed by atoms with E-state index in [1.54, 1.807) is 33.0 Å². The number of ether oxygens (including phenoxy) is 1. The van der Waals surface area contributed by atoms with Crippen LogP contribution in [0.2, 0.25) is 5.02 Å². The molecule has 0 aliphatic heterocycles. The second kappa shape index (κ2) is 8.52. The first-order chi connectivity index (χ1) is 9.93. The van der Waals surface area contributed by atoms with Gasteiger partial charge in [-0.1, -0.05) is 30.7 Å². The van der Waals surface area contributed by atoms with Crippen molar-refractivity contribution in [2.75, 3.05) is 20.2 Å². The minimum absolute atomic E-state index is 0.235. The topological polar surface area (TPSA) is 58.6 Å². The summed E-state index contributed by atoms with van der Waals surface area (Å²) in [5.74, 6) is -0.647. The van der Waals surface area contributed by atoms with Gasteiger partial charge in [0.05, 0.1) is 12.5 Å². The Balaban J connectivity index is 2.40. The van der Waals surface area contributed by atoms with Gasteiger partial charge in [0, 0.05) is 25.2 Å². The van der Waals surface area contributed by atoms with Crippen LogP contribution in [0.15, 0.2) is 24.3 Å². The molecule has 21 heavy (non-hydrogen) atoms. The van der Waals surface area contributed by atoms with Gasteiger partial charge in [0.15, 0.2) is 0 Å². The Morgan fingerprint density at radius 3 is 2.52 bits per heavy atom. The summed E-state index contributed by atoms with van der Waals surface area (Å²) >= 11 is 5.80. The molecule has 1 N–H and O–H groups in total. The lowest BCUT2D eigenvalue weighted by molar-refractivity contribution is -0.147. The van der Waals surface area contributed by atoms with E-state index < -0.39 is 0 Å². The molecule has 1 aromatic rings. The smallest absolute Gasteiger partial charge is 0.317 e. The van der Waals surface area contributed by atoms with Crippen LogP contribution < -0.4 is 5.32 Å². The lowest BCUT2D eigenvalue weighted by Gasteiger charge is -2.21. The molecule has 116 valence electrons. The second-order valence-corrected chi connectivity index (χ2v) is 5.26. The Labute approximate surface area is 130 Å². The molecule has 0 radical (unpaired) electrons. The van der Waals surface area contributed by atoms with Crippen LogP contribution in [0.1, 0.15) is 19.4 Å². The van der Waals surface area contributed by atoms with E-state index >= 15 is 0 Å². The summed E-state index contributed by atoms with van der Waals surface area (Å²) in [4.78, 5) is 24.9. The van der Waals surface area contributed by atoms with Crippen molar-refractivity contribution in [3.05, 3.63) is 34.9 Å². The van der Waals surface area contributed by atoms with Crippen molar-refractivity contribution in [3.63, 3.8) is 0 Å². The highest BCUT2D eigenvalue weighted by Gasteiger charge is 2.18. The monoisotopic (exact) mass is 312 g/mol. The first kappa shape index (κ1) is 17.3. The van der Waals surface area contributed by atoms with Crippen molar-refractivity contribution in [3.8, 4) is 0 Å². The molecule has 0 heterocycles. The van der Waals surface area contributed by atoms with E-state index in [4.69, 9.17) is 16.3 Å². The third kappa shape index (κ3) is 6.04. The minimum Gasteiger partial charge on any atom is -0.466 e. The number of nitrogens with one attached hydrogen (secondary N) is 1. The standard InChI is InChI=1S/C15H21ClN2O3/c1-4-21-14(19)11(2)10-18(3)15(20)17-9-12-5-7-13(16)8-6-12/h5-8,11H,4,9-10H2,1-3H3,(H,17,20). The molecule has 0 aliphatic rings. The number of carbonyl (C=O) groups is 2. The third-order valence-corrected chi connectivity index (χ3v) is 3.19. The van der Waals surface area contributed by atoms with Crippen LogP contribution in [0.4, 0.5) is 4.79 Å². The van der Waals surface area contributed by atoms with E-state index in [-0.39, 0.29) is 17.9 Å². The number of benzene rings is 1. The minimum atomic E-state index is -0.351. The number of halogens is 1. The van der Waals surface area contributed by atoms with E-state index in [9.17, 15) is 9.59 Å². The maximum absolute atomic E-state index is 11.9. The first-order valence-corrected chi connectivity index (χ1v) is 7.21. The van der Waals surface area contributed by atoms with Crippen molar-refractivity contribution in [2.45, 2.75) is 20.4 Å². The van der Waals surface area contributed by atoms with E-state index in [1.807, 2.05) is 12.1 Å². The first-order valence-electron chi connectivity index (χ1n) is 6.84. The summed E-state index contributed by atoms with van der Waals surface area (Å²) in [6.45, 7) is 4.56. The van der Waals surface area contributed by atoms with Crippen molar-refractivity contribution in [1.29, 1.82) is 0 Å². The van der Waals surface area contributed by atoms with Crippen LogP contribution in [-0.2, 0) is 16.1 Å². The summed E-state index contributed by atoms with van der Waals surface area (Å²) in [5, 5.41) is 3.44. The second-order valence-electron chi connectivity index (χ2n) is 4.82. The molecule has 0 saturated carbocycles. The largest absolute Gasteiger partial charge is 0.466 e. The van der Waals surface area contributed by atoms with E-state index in [2.05, 4.69) is 5.32 Å². The molecule has 1 unspecified atom stereocenters. The summed E-state index contributed by atoms with van der Waals surface area (Å²) in [6.07, 6.45) is 0. The van der Waals surface area contributed by atoms with Crippen LogP contribution in [-0.4, -0.2) is 37.1 Å². The Morgan fingerprint density at radius 2 is 1.95 bits per heavy atom. The highest BCUT2D eigenvalue weighted by molar-refractivity contribution is 6.30. The van der Waals surface area contributed by atoms with E-state index in [0.717, 1.165) is 5.56 Å². The molecule has 0 fully saturated rings. The van der Waals surface area contributed by atoms with Crippen LogP contribution in [0.5, 0.6) is 0 Å². The fourth-order valence-electron chi connectivity index (χ4n) is 1.77. The lowest BCUT2D eigenvalue weighted by Crippen LogP contribution is -2.40. The maximum Gasteiger partial charge on any atom is 0.317 e. The Hall–Kier alpha value is -1.75. The molecule has 0 spiro atoms. The molecule has 0 saturated heterocycles. The van der Waals surface area contributed by atoms with Gasteiger partial charge in [0.2, 0.25) is 0 Å². The summed E-state index contributed by atoms with van der Waals surface area (Å²) in [7, 11) is 1.65. The number of carbonyl (C=O) groups excluding carboxylic acids is 2. The number of hydrogen-bond donors (Lipinski definition) is 1.